The Bertz CT molecular complexity index is 702. The number of carbonyl (C=O) groups excluding carboxylic acids is 1. The van der Waals surface area contributed by atoms with Gasteiger partial charge in [-0.1, -0.05) is 12.1 Å². The second kappa shape index (κ2) is 8.43. The largest absolute Gasteiger partial charge is 0.493 e. The molecule has 0 saturated heterocycles. The average Bonchev–Trinajstić information content (AvgIpc) is 2.52. The third kappa shape index (κ3) is 5.49. The van der Waals surface area contributed by atoms with Crippen LogP contribution in [-0.4, -0.2) is 18.7 Å². The normalized spacial score (nSPS) is 10.7. The summed E-state index contributed by atoms with van der Waals surface area (Å²) in [5.41, 5.74) is 3.99. The van der Waals surface area contributed by atoms with E-state index in [0.29, 0.717) is 6.61 Å². The van der Waals surface area contributed by atoms with Gasteiger partial charge in [-0.25, -0.2) is 9.82 Å². The molecule has 0 fully saturated rings. The highest BCUT2D eigenvalue weighted by molar-refractivity contribution is 9.10. The summed E-state index contributed by atoms with van der Waals surface area (Å²) in [6.45, 7) is 2.50. The molecule has 1 amide bonds. The summed E-state index contributed by atoms with van der Waals surface area (Å²) in [6.07, 6.45) is 1.69. The standard InChI is InChI=1S/C17H16BrFN2O2/c1-2-23-16-8-5-13(9-15(16)18)11-20-21-17(22)10-12-3-6-14(19)7-4-12/h3-9,11H,2,10H2,1H3,(H,21,22)/b20-11+. The van der Waals surface area contributed by atoms with E-state index in [9.17, 15) is 9.18 Å². The summed E-state index contributed by atoms with van der Waals surface area (Å²) in [4.78, 5) is 11.7. The fourth-order valence-corrected chi connectivity index (χ4v) is 2.39. The van der Waals surface area contributed by atoms with Crippen LogP contribution >= 0.6 is 15.9 Å². The lowest BCUT2D eigenvalue weighted by Crippen LogP contribution is -2.19. The zero-order valence-electron chi connectivity index (χ0n) is 12.6. The first kappa shape index (κ1) is 17.1. The molecular formula is C17H16BrFN2O2. The van der Waals surface area contributed by atoms with Gasteiger partial charge in [-0.2, -0.15) is 5.10 Å². The Labute approximate surface area is 142 Å². The monoisotopic (exact) mass is 378 g/mol. The predicted octanol–water partition coefficient (Wildman–Crippen LogP) is 3.68. The van der Waals surface area contributed by atoms with Crippen molar-refractivity contribution in [2.45, 2.75) is 13.3 Å². The van der Waals surface area contributed by atoms with E-state index in [4.69, 9.17) is 4.74 Å². The summed E-state index contributed by atoms with van der Waals surface area (Å²) >= 11 is 3.41. The number of nitrogens with zero attached hydrogens (tertiary/aromatic N) is 1. The van der Waals surface area contributed by atoms with Crippen molar-refractivity contribution in [1.82, 2.24) is 5.43 Å². The van der Waals surface area contributed by atoms with E-state index in [2.05, 4.69) is 26.5 Å². The van der Waals surface area contributed by atoms with Crippen LogP contribution in [0.15, 0.2) is 52.0 Å². The van der Waals surface area contributed by atoms with E-state index in [-0.39, 0.29) is 18.1 Å². The molecule has 2 aromatic carbocycles. The number of hydrogen-bond acceptors (Lipinski definition) is 3. The predicted molar refractivity (Wildman–Crippen MR) is 91.2 cm³/mol. The van der Waals surface area contributed by atoms with E-state index < -0.39 is 0 Å². The van der Waals surface area contributed by atoms with Crippen molar-refractivity contribution in [3.05, 3.63) is 63.9 Å². The molecule has 1 N–H and O–H groups in total. The molecule has 0 aromatic heterocycles. The maximum atomic E-state index is 12.8. The Morgan fingerprint density at radius 1 is 1.30 bits per heavy atom. The smallest absolute Gasteiger partial charge is 0.244 e. The maximum absolute atomic E-state index is 12.8. The molecule has 23 heavy (non-hydrogen) atoms. The molecule has 0 unspecified atom stereocenters. The number of rotatable bonds is 6. The van der Waals surface area contributed by atoms with Crippen molar-refractivity contribution in [1.29, 1.82) is 0 Å². The first-order valence-electron chi connectivity index (χ1n) is 7.07. The van der Waals surface area contributed by atoms with E-state index >= 15 is 0 Å². The quantitative estimate of drug-likeness (QED) is 0.615. The molecule has 4 nitrogen and oxygen atoms in total. The van der Waals surface area contributed by atoms with Crippen molar-refractivity contribution in [3.8, 4) is 5.75 Å². The molecule has 0 aliphatic heterocycles. The molecule has 0 saturated carbocycles. The number of ether oxygens (including phenoxy) is 1. The van der Waals surface area contributed by atoms with Gasteiger partial charge in [-0.15, -0.1) is 0 Å². The highest BCUT2D eigenvalue weighted by atomic mass is 79.9. The van der Waals surface area contributed by atoms with Crippen LogP contribution in [0.2, 0.25) is 0 Å². The van der Waals surface area contributed by atoms with Crippen molar-refractivity contribution in [2.24, 2.45) is 5.10 Å². The minimum Gasteiger partial charge on any atom is -0.493 e. The van der Waals surface area contributed by atoms with E-state index in [1.807, 2.05) is 25.1 Å². The number of nitrogens with one attached hydrogen (secondary N) is 1. The Balaban J connectivity index is 1.89. The molecule has 0 heterocycles. The van der Waals surface area contributed by atoms with Gasteiger partial charge in [0.15, 0.2) is 0 Å². The van der Waals surface area contributed by atoms with Crippen molar-refractivity contribution >= 4 is 28.1 Å². The van der Waals surface area contributed by atoms with Crippen LogP contribution in [0.25, 0.3) is 0 Å². The van der Waals surface area contributed by atoms with E-state index in [0.717, 1.165) is 21.3 Å². The number of amides is 1. The molecular weight excluding hydrogens is 363 g/mol. The fourth-order valence-electron chi connectivity index (χ4n) is 1.88. The highest BCUT2D eigenvalue weighted by Crippen LogP contribution is 2.25. The van der Waals surface area contributed by atoms with Crippen LogP contribution in [0, 0.1) is 5.82 Å². The average molecular weight is 379 g/mol. The number of benzene rings is 2. The van der Waals surface area contributed by atoms with Crippen LogP contribution in [0.5, 0.6) is 5.75 Å². The Morgan fingerprint density at radius 2 is 2.04 bits per heavy atom. The zero-order chi connectivity index (χ0) is 16.7. The summed E-state index contributed by atoms with van der Waals surface area (Å²) in [5.74, 6) is 0.163. The molecule has 0 atom stereocenters. The zero-order valence-corrected chi connectivity index (χ0v) is 14.1. The molecule has 2 rings (SSSR count). The Hall–Kier alpha value is -2.21. The Kier molecular flexibility index (Phi) is 6.29. The van der Waals surface area contributed by atoms with Crippen molar-refractivity contribution < 1.29 is 13.9 Å². The highest BCUT2D eigenvalue weighted by Gasteiger charge is 2.03. The van der Waals surface area contributed by atoms with Crippen LogP contribution in [-0.2, 0) is 11.2 Å². The van der Waals surface area contributed by atoms with Crippen LogP contribution in [0.4, 0.5) is 4.39 Å². The summed E-state index contributed by atoms with van der Waals surface area (Å²) < 4.78 is 19.0. The minimum atomic E-state index is -0.326. The molecule has 0 aliphatic carbocycles. The topological polar surface area (TPSA) is 50.7 Å². The van der Waals surface area contributed by atoms with Gasteiger partial charge in [-0.05, 0) is 64.3 Å². The number of halogens is 2. The minimum absolute atomic E-state index is 0.143. The molecule has 0 radical (unpaired) electrons. The first-order chi connectivity index (χ1) is 11.1. The maximum Gasteiger partial charge on any atom is 0.244 e. The van der Waals surface area contributed by atoms with Crippen molar-refractivity contribution in [2.75, 3.05) is 6.61 Å². The molecule has 6 heteroatoms. The number of hydrogen-bond donors (Lipinski definition) is 1. The Morgan fingerprint density at radius 3 is 2.70 bits per heavy atom. The lowest BCUT2D eigenvalue weighted by molar-refractivity contribution is -0.120. The third-order valence-corrected chi connectivity index (χ3v) is 3.56. The number of hydrazone groups is 1. The SMILES string of the molecule is CCOc1ccc(/C=N/NC(=O)Cc2ccc(F)cc2)cc1Br. The van der Waals surface area contributed by atoms with Gasteiger partial charge >= 0.3 is 0 Å². The van der Waals surface area contributed by atoms with E-state index in [1.165, 1.54) is 12.1 Å². The summed E-state index contributed by atoms with van der Waals surface area (Å²) in [7, 11) is 0. The molecule has 2 aromatic rings. The van der Waals surface area contributed by atoms with Gasteiger partial charge in [0, 0.05) is 0 Å². The first-order valence-corrected chi connectivity index (χ1v) is 7.86. The summed E-state index contributed by atoms with van der Waals surface area (Å²) in [6, 6.07) is 11.3. The fraction of sp³-hybridized carbons (Fsp3) is 0.176. The van der Waals surface area contributed by atoms with Gasteiger partial charge in [0.05, 0.1) is 23.7 Å². The van der Waals surface area contributed by atoms with Gasteiger partial charge < -0.3 is 4.74 Å². The molecule has 0 bridgehead atoms. The molecule has 0 aliphatic rings. The summed E-state index contributed by atoms with van der Waals surface area (Å²) in [5, 5.41) is 3.91. The van der Waals surface area contributed by atoms with Gasteiger partial charge in [0.2, 0.25) is 5.91 Å². The third-order valence-electron chi connectivity index (χ3n) is 2.94. The van der Waals surface area contributed by atoms with Gasteiger partial charge in [0.25, 0.3) is 0 Å². The van der Waals surface area contributed by atoms with Gasteiger partial charge in [0.1, 0.15) is 11.6 Å². The molecule has 0 spiro atoms. The lowest BCUT2D eigenvalue weighted by atomic mass is 10.1. The second-order valence-corrected chi connectivity index (χ2v) is 5.57. The number of carbonyl (C=O) groups is 1. The van der Waals surface area contributed by atoms with Crippen LogP contribution in [0.3, 0.4) is 0 Å². The van der Waals surface area contributed by atoms with Crippen LogP contribution in [0.1, 0.15) is 18.1 Å². The van der Waals surface area contributed by atoms with Gasteiger partial charge in [-0.3, -0.25) is 4.79 Å². The van der Waals surface area contributed by atoms with Crippen molar-refractivity contribution in [3.63, 3.8) is 0 Å². The van der Waals surface area contributed by atoms with Crippen LogP contribution < -0.4 is 10.2 Å². The molecule has 120 valence electrons. The van der Waals surface area contributed by atoms with E-state index in [1.54, 1.807) is 18.3 Å². The lowest BCUT2D eigenvalue weighted by Gasteiger charge is -2.05. The second-order valence-electron chi connectivity index (χ2n) is 4.72.